The van der Waals surface area contributed by atoms with E-state index in [1.165, 1.54) is 0 Å². The van der Waals surface area contributed by atoms with Crippen LogP contribution in [-0.4, -0.2) is 37.1 Å². The van der Waals surface area contributed by atoms with E-state index in [9.17, 15) is 4.79 Å². The second kappa shape index (κ2) is 7.79. The minimum atomic E-state index is -0.338. The molecule has 1 aliphatic heterocycles. The highest BCUT2D eigenvalue weighted by atomic mass is 35.5. The molecule has 4 nitrogen and oxygen atoms in total. The number of hydrogen-bond acceptors (Lipinski definition) is 3. The maximum atomic E-state index is 13.0. The van der Waals surface area contributed by atoms with Crippen molar-refractivity contribution in [2.24, 2.45) is 0 Å². The van der Waals surface area contributed by atoms with E-state index in [1.807, 2.05) is 49.4 Å². The molecule has 1 heterocycles. The van der Waals surface area contributed by atoms with Crippen LogP contribution in [0.25, 0.3) is 0 Å². The normalized spacial score (nSPS) is 16.6. The predicted octanol–water partition coefficient (Wildman–Crippen LogP) is 3.66. The molecular weight excluding hydrogens is 324 g/mol. The number of hydrogen-bond donors (Lipinski definition) is 1. The molecule has 1 aliphatic rings. The van der Waals surface area contributed by atoms with Gasteiger partial charge in [-0.1, -0.05) is 48.0 Å². The van der Waals surface area contributed by atoms with Crippen LogP contribution in [0.1, 0.15) is 17.2 Å². The lowest BCUT2D eigenvalue weighted by molar-refractivity contribution is -0.123. The molecule has 0 aliphatic carbocycles. The summed E-state index contributed by atoms with van der Waals surface area (Å²) in [4.78, 5) is 15.1. The summed E-state index contributed by atoms with van der Waals surface area (Å²) in [5.74, 6) is -0.0528. The highest BCUT2D eigenvalue weighted by Crippen LogP contribution is 2.25. The Bertz CT molecular complexity index is 700. The Hall–Kier alpha value is -1.88. The van der Waals surface area contributed by atoms with Gasteiger partial charge in [-0.3, -0.25) is 9.69 Å². The largest absolute Gasteiger partial charge is 0.379 e. The van der Waals surface area contributed by atoms with Crippen LogP contribution >= 0.6 is 11.6 Å². The van der Waals surface area contributed by atoms with E-state index in [0.29, 0.717) is 23.9 Å². The number of morpholine rings is 1. The molecule has 0 saturated carbocycles. The van der Waals surface area contributed by atoms with E-state index in [4.69, 9.17) is 16.3 Å². The summed E-state index contributed by atoms with van der Waals surface area (Å²) in [6, 6.07) is 15.1. The lowest BCUT2D eigenvalue weighted by atomic mass is 10.0. The summed E-state index contributed by atoms with van der Waals surface area (Å²) in [7, 11) is 0. The molecule has 0 radical (unpaired) electrons. The van der Waals surface area contributed by atoms with Crippen molar-refractivity contribution in [3.05, 3.63) is 64.7 Å². The van der Waals surface area contributed by atoms with Crippen LogP contribution in [0.3, 0.4) is 0 Å². The maximum Gasteiger partial charge on any atom is 0.246 e. The van der Waals surface area contributed by atoms with Crippen LogP contribution in [0.4, 0.5) is 5.69 Å². The van der Waals surface area contributed by atoms with Gasteiger partial charge in [0, 0.05) is 23.8 Å². The Morgan fingerprint density at radius 2 is 1.88 bits per heavy atom. The van der Waals surface area contributed by atoms with Gasteiger partial charge in [-0.05, 0) is 30.2 Å². The minimum Gasteiger partial charge on any atom is -0.379 e. The second-order valence-electron chi connectivity index (χ2n) is 5.91. The lowest BCUT2D eigenvalue weighted by Gasteiger charge is -2.33. The highest BCUT2D eigenvalue weighted by Gasteiger charge is 2.29. The molecule has 2 aromatic carbocycles. The Labute approximate surface area is 147 Å². The number of nitrogens with one attached hydrogen (secondary N) is 1. The van der Waals surface area contributed by atoms with Gasteiger partial charge in [0.2, 0.25) is 5.91 Å². The smallest absolute Gasteiger partial charge is 0.246 e. The molecule has 0 unspecified atom stereocenters. The average molecular weight is 345 g/mol. The zero-order chi connectivity index (χ0) is 16.9. The zero-order valence-electron chi connectivity index (χ0n) is 13.7. The third-order valence-electron chi connectivity index (χ3n) is 4.21. The lowest BCUT2D eigenvalue weighted by Crippen LogP contribution is -2.43. The molecule has 0 spiro atoms. The Balaban J connectivity index is 1.84. The Morgan fingerprint density at radius 3 is 2.54 bits per heavy atom. The molecule has 1 N–H and O–H groups in total. The third kappa shape index (κ3) is 3.96. The number of carbonyl (C=O) groups excluding carboxylic acids is 1. The Kier molecular flexibility index (Phi) is 5.51. The van der Waals surface area contributed by atoms with Crippen molar-refractivity contribution in [3.63, 3.8) is 0 Å². The zero-order valence-corrected chi connectivity index (χ0v) is 14.4. The van der Waals surface area contributed by atoms with Gasteiger partial charge in [0.1, 0.15) is 6.04 Å². The average Bonchev–Trinajstić information content (AvgIpc) is 2.60. The van der Waals surface area contributed by atoms with Crippen molar-refractivity contribution >= 4 is 23.2 Å². The number of anilines is 1. The number of rotatable bonds is 4. The third-order valence-corrected chi connectivity index (χ3v) is 4.62. The van der Waals surface area contributed by atoms with Crippen molar-refractivity contribution in [3.8, 4) is 0 Å². The molecule has 3 rings (SSSR count). The van der Waals surface area contributed by atoms with Gasteiger partial charge < -0.3 is 10.1 Å². The van der Waals surface area contributed by atoms with Crippen LogP contribution in [0.2, 0.25) is 5.02 Å². The summed E-state index contributed by atoms with van der Waals surface area (Å²) in [5.41, 5.74) is 2.68. The van der Waals surface area contributed by atoms with E-state index in [0.717, 1.165) is 24.2 Å². The fraction of sp³-hybridized carbons (Fsp3) is 0.316. The maximum absolute atomic E-state index is 13.0. The molecule has 1 fully saturated rings. The number of nitrogens with zero attached hydrogens (tertiary/aromatic N) is 1. The molecule has 0 bridgehead atoms. The summed E-state index contributed by atoms with van der Waals surface area (Å²) < 4.78 is 5.42. The molecule has 1 amide bonds. The summed E-state index contributed by atoms with van der Waals surface area (Å²) in [6.45, 7) is 4.71. The van der Waals surface area contributed by atoms with Crippen LogP contribution < -0.4 is 5.32 Å². The van der Waals surface area contributed by atoms with Crippen LogP contribution in [0.15, 0.2) is 48.5 Å². The SMILES string of the molecule is Cc1ccc(NC(=O)[C@@H](c2ccccc2)N2CCOCC2)cc1Cl. The van der Waals surface area contributed by atoms with Gasteiger partial charge in [0.15, 0.2) is 0 Å². The molecule has 1 saturated heterocycles. The van der Waals surface area contributed by atoms with Gasteiger partial charge in [0.05, 0.1) is 13.2 Å². The van der Waals surface area contributed by atoms with E-state index >= 15 is 0 Å². The van der Waals surface area contributed by atoms with Gasteiger partial charge >= 0.3 is 0 Å². The fourth-order valence-corrected chi connectivity index (χ4v) is 3.06. The fourth-order valence-electron chi connectivity index (χ4n) is 2.88. The molecule has 24 heavy (non-hydrogen) atoms. The molecule has 2 aromatic rings. The molecular formula is C19H21ClN2O2. The van der Waals surface area contributed by atoms with E-state index in [2.05, 4.69) is 10.2 Å². The van der Waals surface area contributed by atoms with Crippen molar-refractivity contribution in [1.29, 1.82) is 0 Å². The number of carbonyl (C=O) groups is 1. The number of ether oxygens (including phenoxy) is 1. The quantitative estimate of drug-likeness (QED) is 0.920. The van der Waals surface area contributed by atoms with Gasteiger partial charge in [0.25, 0.3) is 0 Å². The Morgan fingerprint density at radius 1 is 1.17 bits per heavy atom. The molecule has 1 atom stereocenters. The van der Waals surface area contributed by atoms with E-state index in [1.54, 1.807) is 6.07 Å². The van der Waals surface area contributed by atoms with Gasteiger partial charge in [-0.2, -0.15) is 0 Å². The van der Waals surface area contributed by atoms with Crippen molar-refractivity contribution in [2.75, 3.05) is 31.6 Å². The first-order valence-electron chi connectivity index (χ1n) is 8.09. The van der Waals surface area contributed by atoms with Crippen LogP contribution in [-0.2, 0) is 9.53 Å². The topological polar surface area (TPSA) is 41.6 Å². The molecule has 5 heteroatoms. The monoisotopic (exact) mass is 344 g/mol. The highest BCUT2D eigenvalue weighted by molar-refractivity contribution is 6.31. The number of halogens is 1. The van der Waals surface area contributed by atoms with Gasteiger partial charge in [-0.15, -0.1) is 0 Å². The minimum absolute atomic E-state index is 0.0528. The standard InChI is InChI=1S/C19H21ClN2O2/c1-14-7-8-16(13-17(14)20)21-19(23)18(15-5-3-2-4-6-15)22-9-11-24-12-10-22/h2-8,13,18H,9-12H2,1H3,(H,21,23)/t18-/m1/s1. The number of benzene rings is 2. The van der Waals surface area contributed by atoms with E-state index in [-0.39, 0.29) is 11.9 Å². The molecule has 0 aromatic heterocycles. The summed E-state index contributed by atoms with van der Waals surface area (Å²) in [5, 5.41) is 3.65. The van der Waals surface area contributed by atoms with Crippen molar-refractivity contribution in [2.45, 2.75) is 13.0 Å². The first-order chi connectivity index (χ1) is 11.6. The number of amides is 1. The first kappa shape index (κ1) is 17.0. The van der Waals surface area contributed by atoms with Crippen LogP contribution in [0.5, 0.6) is 0 Å². The summed E-state index contributed by atoms with van der Waals surface area (Å²) >= 11 is 6.16. The molecule has 126 valence electrons. The van der Waals surface area contributed by atoms with Crippen molar-refractivity contribution in [1.82, 2.24) is 4.90 Å². The first-order valence-corrected chi connectivity index (χ1v) is 8.47. The number of aryl methyl sites for hydroxylation is 1. The van der Waals surface area contributed by atoms with Crippen molar-refractivity contribution < 1.29 is 9.53 Å². The van der Waals surface area contributed by atoms with E-state index < -0.39 is 0 Å². The van der Waals surface area contributed by atoms with Crippen LogP contribution in [0, 0.1) is 6.92 Å². The van der Waals surface area contributed by atoms with Gasteiger partial charge in [-0.25, -0.2) is 0 Å². The predicted molar refractivity (Wildman–Crippen MR) is 96.4 cm³/mol. The summed E-state index contributed by atoms with van der Waals surface area (Å²) in [6.07, 6.45) is 0. The second-order valence-corrected chi connectivity index (χ2v) is 6.32.